The van der Waals surface area contributed by atoms with E-state index >= 15 is 0 Å². The standard InChI is InChI=1S/C13H11F3N2O3/c1-7-5-8(3-4-9(7)20-2)12-17-11(21-18-12)6-10(19)13(14,15)16/h3-5H,6H2,1-2H3. The fraction of sp³-hybridized carbons (Fsp3) is 0.308. The Hall–Kier alpha value is -2.38. The maximum absolute atomic E-state index is 12.1. The molecular weight excluding hydrogens is 289 g/mol. The summed E-state index contributed by atoms with van der Waals surface area (Å²) in [7, 11) is 1.53. The molecule has 0 spiro atoms. The molecule has 1 heterocycles. The van der Waals surface area contributed by atoms with Gasteiger partial charge in [0.15, 0.2) is 0 Å². The van der Waals surface area contributed by atoms with Crippen molar-refractivity contribution in [1.82, 2.24) is 10.1 Å². The number of ether oxygens (including phenoxy) is 1. The van der Waals surface area contributed by atoms with Crippen molar-refractivity contribution in [3.05, 3.63) is 29.7 Å². The number of carbonyl (C=O) groups excluding carboxylic acids is 1. The highest BCUT2D eigenvalue weighted by atomic mass is 19.4. The van der Waals surface area contributed by atoms with E-state index in [0.29, 0.717) is 11.3 Å². The first-order valence-corrected chi connectivity index (χ1v) is 5.89. The van der Waals surface area contributed by atoms with Gasteiger partial charge in [0, 0.05) is 5.56 Å². The molecule has 0 saturated heterocycles. The molecule has 0 N–H and O–H groups in total. The number of rotatable bonds is 4. The normalized spacial score (nSPS) is 11.5. The average molecular weight is 300 g/mol. The topological polar surface area (TPSA) is 65.2 Å². The third-order valence-electron chi connectivity index (χ3n) is 2.75. The van der Waals surface area contributed by atoms with Crippen molar-refractivity contribution < 1.29 is 27.2 Å². The third kappa shape index (κ3) is 3.39. The highest BCUT2D eigenvalue weighted by Crippen LogP contribution is 2.25. The Morgan fingerprint density at radius 2 is 2.10 bits per heavy atom. The van der Waals surface area contributed by atoms with Crippen LogP contribution in [0.25, 0.3) is 11.4 Å². The summed E-state index contributed by atoms with van der Waals surface area (Å²) in [6.45, 7) is 1.80. The summed E-state index contributed by atoms with van der Waals surface area (Å²) in [6, 6.07) is 5.03. The number of aryl methyl sites for hydroxylation is 1. The van der Waals surface area contributed by atoms with Crippen LogP contribution in [-0.4, -0.2) is 29.2 Å². The van der Waals surface area contributed by atoms with Crippen LogP contribution in [0.1, 0.15) is 11.5 Å². The second-order valence-corrected chi connectivity index (χ2v) is 4.29. The first-order chi connectivity index (χ1) is 9.81. The summed E-state index contributed by atoms with van der Waals surface area (Å²) in [5, 5.41) is 3.57. The van der Waals surface area contributed by atoms with Gasteiger partial charge in [-0.2, -0.15) is 18.2 Å². The molecule has 0 amide bonds. The van der Waals surface area contributed by atoms with Crippen LogP contribution in [0.3, 0.4) is 0 Å². The first-order valence-electron chi connectivity index (χ1n) is 5.89. The fourth-order valence-corrected chi connectivity index (χ4v) is 1.70. The van der Waals surface area contributed by atoms with E-state index in [9.17, 15) is 18.0 Å². The number of hydrogen-bond acceptors (Lipinski definition) is 5. The number of carbonyl (C=O) groups is 1. The smallest absolute Gasteiger partial charge is 0.450 e. The Labute approximate surface area is 117 Å². The molecule has 1 aromatic heterocycles. The predicted octanol–water partition coefficient (Wildman–Crippen LogP) is 2.73. The number of Topliss-reactive ketones (excluding diaryl/α,β-unsaturated/α-hetero) is 1. The molecule has 5 nitrogen and oxygen atoms in total. The zero-order chi connectivity index (χ0) is 15.6. The zero-order valence-corrected chi connectivity index (χ0v) is 11.2. The van der Waals surface area contributed by atoms with Gasteiger partial charge in [-0.05, 0) is 30.7 Å². The van der Waals surface area contributed by atoms with Gasteiger partial charge in [-0.15, -0.1) is 0 Å². The molecule has 1 aromatic carbocycles. The van der Waals surface area contributed by atoms with Crippen LogP contribution >= 0.6 is 0 Å². The van der Waals surface area contributed by atoms with Gasteiger partial charge in [0.1, 0.15) is 5.75 Å². The minimum absolute atomic E-state index is 0.116. The molecule has 0 atom stereocenters. The average Bonchev–Trinajstić information content (AvgIpc) is 2.86. The Morgan fingerprint density at radius 3 is 2.67 bits per heavy atom. The molecule has 21 heavy (non-hydrogen) atoms. The van der Waals surface area contributed by atoms with Gasteiger partial charge in [-0.1, -0.05) is 5.16 Å². The molecule has 0 fully saturated rings. The van der Waals surface area contributed by atoms with Crippen LogP contribution in [0, 0.1) is 6.92 Å². The molecule has 0 bridgehead atoms. The number of benzene rings is 1. The van der Waals surface area contributed by atoms with Gasteiger partial charge in [-0.3, -0.25) is 4.79 Å². The minimum Gasteiger partial charge on any atom is -0.496 e. The Bertz CT molecular complexity index is 665. The van der Waals surface area contributed by atoms with Crippen LogP contribution in [-0.2, 0) is 11.2 Å². The van der Waals surface area contributed by atoms with Crippen molar-refractivity contribution in [2.45, 2.75) is 19.5 Å². The van der Waals surface area contributed by atoms with E-state index in [4.69, 9.17) is 4.74 Å². The van der Waals surface area contributed by atoms with Crippen LogP contribution in [0.2, 0.25) is 0 Å². The van der Waals surface area contributed by atoms with E-state index in [1.165, 1.54) is 7.11 Å². The van der Waals surface area contributed by atoms with Crippen LogP contribution in [0.5, 0.6) is 5.75 Å². The molecule has 8 heteroatoms. The van der Waals surface area contributed by atoms with E-state index in [-0.39, 0.29) is 11.7 Å². The number of ketones is 1. The zero-order valence-electron chi connectivity index (χ0n) is 11.2. The maximum atomic E-state index is 12.1. The molecule has 0 aliphatic rings. The molecule has 112 valence electrons. The lowest BCUT2D eigenvalue weighted by atomic mass is 10.1. The second-order valence-electron chi connectivity index (χ2n) is 4.29. The van der Waals surface area contributed by atoms with Crippen molar-refractivity contribution in [3.63, 3.8) is 0 Å². The lowest BCUT2D eigenvalue weighted by Gasteiger charge is -2.04. The van der Waals surface area contributed by atoms with E-state index < -0.39 is 18.4 Å². The van der Waals surface area contributed by atoms with E-state index in [0.717, 1.165) is 5.56 Å². The molecule has 0 unspecified atom stereocenters. The number of nitrogens with zero attached hydrogens (tertiary/aromatic N) is 2. The lowest BCUT2D eigenvalue weighted by molar-refractivity contribution is -0.170. The summed E-state index contributed by atoms with van der Waals surface area (Å²) in [4.78, 5) is 14.6. The summed E-state index contributed by atoms with van der Waals surface area (Å²) in [5.74, 6) is -1.52. The summed E-state index contributed by atoms with van der Waals surface area (Å²) in [5.41, 5.74) is 1.37. The van der Waals surface area contributed by atoms with Crippen LogP contribution in [0.4, 0.5) is 13.2 Å². The highest BCUT2D eigenvalue weighted by Gasteiger charge is 2.39. The largest absolute Gasteiger partial charge is 0.496 e. The maximum Gasteiger partial charge on any atom is 0.450 e. The molecule has 2 rings (SSSR count). The molecule has 2 aromatic rings. The van der Waals surface area contributed by atoms with Crippen LogP contribution < -0.4 is 4.74 Å². The van der Waals surface area contributed by atoms with E-state index in [1.54, 1.807) is 25.1 Å². The quantitative estimate of drug-likeness (QED) is 0.868. The highest BCUT2D eigenvalue weighted by molar-refractivity contribution is 5.85. The molecular formula is C13H11F3N2O3. The second kappa shape index (κ2) is 5.55. The van der Waals surface area contributed by atoms with E-state index in [2.05, 4.69) is 14.7 Å². The number of halogens is 3. The fourth-order valence-electron chi connectivity index (χ4n) is 1.70. The van der Waals surface area contributed by atoms with E-state index in [1.807, 2.05) is 0 Å². The number of methoxy groups -OCH3 is 1. The summed E-state index contributed by atoms with van der Waals surface area (Å²) < 4.78 is 46.2. The van der Waals surface area contributed by atoms with Gasteiger partial charge >= 0.3 is 6.18 Å². The Kier molecular flexibility index (Phi) is 3.97. The number of alkyl halides is 3. The first kappa shape index (κ1) is 15.0. The summed E-state index contributed by atoms with van der Waals surface area (Å²) in [6.07, 6.45) is -5.88. The van der Waals surface area contributed by atoms with Gasteiger partial charge in [0.05, 0.1) is 13.5 Å². The minimum atomic E-state index is -4.91. The Balaban J connectivity index is 2.20. The molecule has 0 aliphatic heterocycles. The van der Waals surface area contributed by atoms with Gasteiger partial charge in [0.25, 0.3) is 0 Å². The lowest BCUT2D eigenvalue weighted by Crippen LogP contribution is -2.24. The molecule has 0 radical (unpaired) electrons. The Morgan fingerprint density at radius 1 is 1.38 bits per heavy atom. The monoisotopic (exact) mass is 300 g/mol. The van der Waals surface area contributed by atoms with Gasteiger partial charge < -0.3 is 9.26 Å². The van der Waals surface area contributed by atoms with Gasteiger partial charge in [-0.25, -0.2) is 0 Å². The number of hydrogen-bond donors (Lipinski definition) is 0. The van der Waals surface area contributed by atoms with Crippen LogP contribution in [0.15, 0.2) is 22.7 Å². The van der Waals surface area contributed by atoms with Gasteiger partial charge in [0.2, 0.25) is 17.5 Å². The van der Waals surface area contributed by atoms with Crippen molar-refractivity contribution in [2.75, 3.05) is 7.11 Å². The van der Waals surface area contributed by atoms with Crippen molar-refractivity contribution in [3.8, 4) is 17.1 Å². The predicted molar refractivity (Wildman–Crippen MR) is 65.8 cm³/mol. The van der Waals surface area contributed by atoms with Crippen molar-refractivity contribution in [2.24, 2.45) is 0 Å². The molecule has 0 aliphatic carbocycles. The SMILES string of the molecule is COc1ccc(-c2noc(CC(=O)C(F)(F)F)n2)cc1C. The molecule has 0 saturated carbocycles. The third-order valence-corrected chi connectivity index (χ3v) is 2.75. The van der Waals surface area contributed by atoms with Crippen molar-refractivity contribution in [1.29, 1.82) is 0 Å². The number of aromatic nitrogens is 2. The van der Waals surface area contributed by atoms with Crippen molar-refractivity contribution >= 4 is 5.78 Å². The summed E-state index contributed by atoms with van der Waals surface area (Å²) >= 11 is 0.